The minimum absolute atomic E-state index is 0.0368. The van der Waals surface area contributed by atoms with Crippen LogP contribution in [0.15, 0.2) is 29.2 Å². The maximum Gasteiger partial charge on any atom is 0.243 e. The molecule has 0 unspecified atom stereocenters. The van der Waals surface area contributed by atoms with Gasteiger partial charge in [0.2, 0.25) is 10.0 Å². The molecule has 2 aliphatic heterocycles. The lowest BCUT2D eigenvalue weighted by atomic mass is 9.87. The second-order valence-electron chi connectivity index (χ2n) is 8.98. The van der Waals surface area contributed by atoms with Crippen LogP contribution in [0.3, 0.4) is 0 Å². The summed E-state index contributed by atoms with van der Waals surface area (Å²) in [5, 5.41) is 0. The van der Waals surface area contributed by atoms with Gasteiger partial charge in [-0.3, -0.25) is 0 Å². The first kappa shape index (κ1) is 19.8. The molecule has 0 amide bonds. The van der Waals surface area contributed by atoms with Crippen LogP contribution in [-0.2, 0) is 15.4 Å². The van der Waals surface area contributed by atoms with E-state index in [-0.39, 0.29) is 5.41 Å². The van der Waals surface area contributed by atoms with E-state index in [1.807, 2.05) is 12.1 Å². The van der Waals surface area contributed by atoms with Gasteiger partial charge in [0.25, 0.3) is 0 Å². The van der Waals surface area contributed by atoms with E-state index in [0.717, 1.165) is 24.9 Å². The maximum atomic E-state index is 13.0. The van der Waals surface area contributed by atoms with Gasteiger partial charge < -0.3 is 4.90 Å². The molecule has 2 saturated heterocycles. The van der Waals surface area contributed by atoms with Crippen molar-refractivity contribution in [3.63, 3.8) is 0 Å². The molecule has 0 spiro atoms. The molecule has 0 aliphatic carbocycles. The molecule has 0 aromatic heterocycles. The summed E-state index contributed by atoms with van der Waals surface area (Å²) in [6, 6.07) is 7.46. The van der Waals surface area contributed by atoms with Crippen molar-refractivity contribution < 1.29 is 8.42 Å². The molecule has 0 atom stereocenters. The molecule has 2 heterocycles. The lowest BCUT2D eigenvalue weighted by molar-refractivity contribution is 0.161. The number of benzene rings is 1. The topological polar surface area (TPSA) is 40.6 Å². The monoisotopic (exact) mass is 378 g/mol. The number of nitrogens with zero attached hydrogens (tertiary/aromatic N) is 2. The Morgan fingerprint density at radius 3 is 2.04 bits per heavy atom. The van der Waals surface area contributed by atoms with Crippen LogP contribution >= 0.6 is 0 Å². The Morgan fingerprint density at radius 2 is 1.50 bits per heavy atom. The Bertz CT molecular complexity index is 678. The average molecular weight is 379 g/mol. The zero-order valence-corrected chi connectivity index (χ0v) is 17.4. The Balaban J connectivity index is 1.59. The van der Waals surface area contributed by atoms with E-state index in [4.69, 9.17) is 0 Å². The summed E-state index contributed by atoms with van der Waals surface area (Å²) in [7, 11) is -3.36. The van der Waals surface area contributed by atoms with Crippen molar-refractivity contribution in [1.29, 1.82) is 0 Å². The van der Waals surface area contributed by atoms with E-state index in [0.29, 0.717) is 23.9 Å². The summed E-state index contributed by atoms with van der Waals surface area (Å²) < 4.78 is 27.6. The molecule has 5 heteroatoms. The highest BCUT2D eigenvalue weighted by Gasteiger charge is 2.30. The molecule has 0 saturated carbocycles. The molecular weight excluding hydrogens is 344 g/mol. The second-order valence-corrected chi connectivity index (χ2v) is 10.9. The largest absolute Gasteiger partial charge is 0.303 e. The molecule has 26 heavy (non-hydrogen) atoms. The molecule has 2 aliphatic rings. The second kappa shape index (κ2) is 7.99. The summed E-state index contributed by atoms with van der Waals surface area (Å²) >= 11 is 0. The Labute approximate surface area is 159 Å². The van der Waals surface area contributed by atoms with E-state index in [1.165, 1.54) is 32.4 Å². The van der Waals surface area contributed by atoms with Gasteiger partial charge in [0.15, 0.2) is 0 Å². The SMILES string of the molecule is CC(C)(C)c1ccc(S(=O)(=O)N2CCC(CN3CCCCC3)CC2)cc1. The Morgan fingerprint density at radius 1 is 0.923 bits per heavy atom. The van der Waals surface area contributed by atoms with Crippen LogP contribution in [0.5, 0.6) is 0 Å². The molecule has 0 radical (unpaired) electrons. The van der Waals surface area contributed by atoms with E-state index in [1.54, 1.807) is 16.4 Å². The summed E-state index contributed by atoms with van der Waals surface area (Å²) in [5.74, 6) is 0.641. The highest BCUT2D eigenvalue weighted by Crippen LogP contribution is 2.27. The van der Waals surface area contributed by atoms with E-state index < -0.39 is 10.0 Å². The van der Waals surface area contributed by atoms with Crippen molar-refractivity contribution in [2.45, 2.75) is 63.2 Å². The van der Waals surface area contributed by atoms with Crippen LogP contribution in [0.1, 0.15) is 58.4 Å². The predicted octanol–water partition coefficient (Wildman–Crippen LogP) is 3.87. The van der Waals surface area contributed by atoms with Crippen LogP contribution in [0.2, 0.25) is 0 Å². The fraction of sp³-hybridized carbons (Fsp3) is 0.714. The van der Waals surface area contributed by atoms with Crippen molar-refractivity contribution in [3.8, 4) is 0 Å². The van der Waals surface area contributed by atoms with Crippen molar-refractivity contribution in [2.75, 3.05) is 32.7 Å². The summed E-state index contributed by atoms with van der Waals surface area (Å²) in [6.45, 7) is 11.3. The van der Waals surface area contributed by atoms with Crippen molar-refractivity contribution in [1.82, 2.24) is 9.21 Å². The zero-order chi connectivity index (χ0) is 18.8. The van der Waals surface area contributed by atoms with Gasteiger partial charge in [-0.25, -0.2) is 8.42 Å². The number of hydrogen-bond acceptors (Lipinski definition) is 3. The third-order valence-electron chi connectivity index (χ3n) is 5.90. The van der Waals surface area contributed by atoms with Crippen LogP contribution in [0.25, 0.3) is 0 Å². The van der Waals surface area contributed by atoms with Gasteiger partial charge in [0, 0.05) is 19.6 Å². The molecule has 0 bridgehead atoms. The number of likely N-dealkylation sites (tertiary alicyclic amines) is 1. The van der Waals surface area contributed by atoms with Crippen LogP contribution < -0.4 is 0 Å². The Hall–Kier alpha value is -0.910. The lowest BCUT2D eigenvalue weighted by Gasteiger charge is -2.35. The first-order valence-electron chi connectivity index (χ1n) is 10.1. The predicted molar refractivity (Wildman–Crippen MR) is 107 cm³/mol. The molecular formula is C21H34N2O2S. The molecule has 3 rings (SSSR count). The maximum absolute atomic E-state index is 13.0. The third kappa shape index (κ3) is 4.68. The van der Waals surface area contributed by atoms with Gasteiger partial charge >= 0.3 is 0 Å². The van der Waals surface area contributed by atoms with Crippen LogP contribution in [0.4, 0.5) is 0 Å². The highest BCUT2D eigenvalue weighted by atomic mass is 32.2. The molecule has 2 fully saturated rings. The van der Waals surface area contributed by atoms with Gasteiger partial charge in [-0.2, -0.15) is 4.31 Å². The van der Waals surface area contributed by atoms with Gasteiger partial charge in [0.05, 0.1) is 4.90 Å². The summed E-state index contributed by atoms with van der Waals surface area (Å²) in [6.07, 6.45) is 5.96. The molecule has 146 valence electrons. The van der Waals surface area contributed by atoms with Crippen molar-refractivity contribution in [2.24, 2.45) is 5.92 Å². The number of piperidine rings is 2. The first-order chi connectivity index (χ1) is 12.3. The van der Waals surface area contributed by atoms with E-state index in [9.17, 15) is 8.42 Å². The summed E-state index contributed by atoms with van der Waals surface area (Å²) in [4.78, 5) is 3.00. The lowest BCUT2D eigenvalue weighted by Crippen LogP contribution is -2.42. The van der Waals surface area contributed by atoms with Gasteiger partial charge in [-0.05, 0) is 67.8 Å². The van der Waals surface area contributed by atoms with Crippen LogP contribution in [-0.4, -0.2) is 50.3 Å². The van der Waals surface area contributed by atoms with Crippen molar-refractivity contribution in [3.05, 3.63) is 29.8 Å². The fourth-order valence-electron chi connectivity index (χ4n) is 4.12. The van der Waals surface area contributed by atoms with Gasteiger partial charge in [-0.15, -0.1) is 0 Å². The number of rotatable bonds is 4. The molecule has 1 aromatic rings. The first-order valence-corrected chi connectivity index (χ1v) is 11.5. The molecule has 4 nitrogen and oxygen atoms in total. The number of hydrogen-bond donors (Lipinski definition) is 0. The minimum atomic E-state index is -3.36. The molecule has 1 aromatic carbocycles. The van der Waals surface area contributed by atoms with E-state index >= 15 is 0 Å². The quantitative estimate of drug-likeness (QED) is 0.798. The average Bonchev–Trinajstić information content (AvgIpc) is 2.62. The third-order valence-corrected chi connectivity index (χ3v) is 7.81. The molecule has 0 N–H and O–H groups in total. The number of sulfonamides is 1. The van der Waals surface area contributed by atoms with E-state index in [2.05, 4.69) is 25.7 Å². The summed E-state index contributed by atoms with van der Waals surface area (Å²) in [5.41, 5.74) is 1.20. The fourth-order valence-corrected chi connectivity index (χ4v) is 5.59. The highest BCUT2D eigenvalue weighted by molar-refractivity contribution is 7.89. The van der Waals surface area contributed by atoms with Gasteiger partial charge in [-0.1, -0.05) is 39.3 Å². The van der Waals surface area contributed by atoms with Crippen molar-refractivity contribution >= 4 is 10.0 Å². The standard InChI is InChI=1S/C21H34N2O2S/c1-21(2,3)19-7-9-20(10-8-19)26(24,25)23-15-11-18(12-16-23)17-22-13-5-4-6-14-22/h7-10,18H,4-6,11-17H2,1-3H3. The zero-order valence-electron chi connectivity index (χ0n) is 16.6. The van der Waals surface area contributed by atoms with Crippen LogP contribution in [0, 0.1) is 5.92 Å². The normalized spacial score (nSPS) is 21.8. The van der Waals surface area contributed by atoms with Gasteiger partial charge in [0.1, 0.15) is 0 Å². The minimum Gasteiger partial charge on any atom is -0.303 e. The smallest absolute Gasteiger partial charge is 0.243 e. The Kier molecular flexibility index (Phi) is 6.10.